The van der Waals surface area contributed by atoms with Crippen LogP contribution in [0.3, 0.4) is 0 Å². The summed E-state index contributed by atoms with van der Waals surface area (Å²) >= 11 is 6.19. The first-order valence-electron chi connectivity index (χ1n) is 8.58. The van der Waals surface area contributed by atoms with Gasteiger partial charge in [0, 0.05) is 42.5 Å². The lowest BCUT2D eigenvalue weighted by Gasteiger charge is -2.09. The lowest BCUT2D eigenvalue weighted by molar-refractivity contribution is 1.03. The van der Waals surface area contributed by atoms with Crippen LogP contribution in [0.4, 0.5) is 17.6 Å². The van der Waals surface area contributed by atoms with Crippen LogP contribution in [0.25, 0.3) is 11.3 Å². The predicted molar refractivity (Wildman–Crippen MR) is 108 cm³/mol. The van der Waals surface area contributed by atoms with Crippen molar-refractivity contribution in [3.05, 3.63) is 71.4 Å². The van der Waals surface area contributed by atoms with Gasteiger partial charge in [-0.2, -0.15) is 10.1 Å². The van der Waals surface area contributed by atoms with Gasteiger partial charge in [-0.15, -0.1) is 0 Å². The number of aromatic nitrogens is 6. The maximum Gasteiger partial charge on any atom is 0.224 e. The molecule has 140 valence electrons. The number of hydrogen-bond acceptors (Lipinski definition) is 7. The third kappa shape index (κ3) is 4.24. The maximum atomic E-state index is 6.19. The largest absolute Gasteiger partial charge is 0.350 e. The molecule has 0 spiro atoms. The van der Waals surface area contributed by atoms with Crippen molar-refractivity contribution in [2.75, 3.05) is 10.6 Å². The molecule has 0 unspecified atom stereocenters. The number of nitrogens with one attached hydrogen (secondary N) is 3. The summed E-state index contributed by atoms with van der Waals surface area (Å²) in [5.41, 5.74) is 3.75. The van der Waals surface area contributed by atoms with Crippen molar-refractivity contribution in [3.8, 4) is 11.3 Å². The molecule has 4 aromatic rings. The summed E-state index contributed by atoms with van der Waals surface area (Å²) in [7, 11) is 0. The summed E-state index contributed by atoms with van der Waals surface area (Å²) in [6.07, 6.45) is 6.89. The highest BCUT2D eigenvalue weighted by molar-refractivity contribution is 6.32. The zero-order chi connectivity index (χ0) is 19.3. The molecule has 4 heterocycles. The normalized spacial score (nSPS) is 10.6. The molecule has 3 N–H and O–H groups in total. The Balaban J connectivity index is 1.47. The van der Waals surface area contributed by atoms with E-state index in [9.17, 15) is 0 Å². The second-order valence-electron chi connectivity index (χ2n) is 6.10. The third-order valence-electron chi connectivity index (χ3n) is 3.90. The molecule has 0 saturated heterocycles. The number of aromatic amines is 1. The lowest BCUT2D eigenvalue weighted by Crippen LogP contribution is -2.06. The Morgan fingerprint density at radius 3 is 2.82 bits per heavy atom. The highest BCUT2D eigenvalue weighted by Crippen LogP contribution is 2.23. The van der Waals surface area contributed by atoms with Crippen molar-refractivity contribution in [2.24, 2.45) is 0 Å². The number of aryl methyl sites for hydroxylation is 1. The Kier molecular flexibility index (Phi) is 5.11. The molecule has 8 nitrogen and oxygen atoms in total. The molecule has 0 aliphatic carbocycles. The van der Waals surface area contributed by atoms with Crippen LogP contribution in [0, 0.1) is 6.92 Å². The van der Waals surface area contributed by atoms with Crippen LogP contribution in [-0.4, -0.2) is 30.1 Å². The minimum absolute atomic E-state index is 0.407. The van der Waals surface area contributed by atoms with Crippen molar-refractivity contribution in [1.29, 1.82) is 0 Å². The van der Waals surface area contributed by atoms with E-state index in [2.05, 4.69) is 40.8 Å². The molecule has 0 aliphatic rings. The molecular formula is C19H17ClN8. The van der Waals surface area contributed by atoms with Crippen molar-refractivity contribution in [2.45, 2.75) is 13.5 Å². The molecule has 0 bridgehead atoms. The molecule has 0 aliphatic heterocycles. The van der Waals surface area contributed by atoms with Gasteiger partial charge in [0.05, 0.1) is 11.9 Å². The minimum atomic E-state index is 0.407. The topological polar surface area (TPSA) is 104 Å². The predicted octanol–water partition coefficient (Wildman–Crippen LogP) is 3.97. The van der Waals surface area contributed by atoms with E-state index in [1.807, 2.05) is 37.3 Å². The Labute approximate surface area is 166 Å². The Morgan fingerprint density at radius 2 is 2.04 bits per heavy atom. The van der Waals surface area contributed by atoms with Crippen LogP contribution < -0.4 is 10.6 Å². The molecule has 0 fully saturated rings. The van der Waals surface area contributed by atoms with Gasteiger partial charge in [0.25, 0.3) is 0 Å². The number of halogens is 1. The number of hydrogen-bond donors (Lipinski definition) is 3. The molecule has 4 rings (SSSR count). The summed E-state index contributed by atoms with van der Waals surface area (Å²) in [5.74, 6) is 1.56. The van der Waals surface area contributed by atoms with E-state index in [0.717, 1.165) is 22.5 Å². The molecular weight excluding hydrogens is 376 g/mol. The fourth-order valence-electron chi connectivity index (χ4n) is 2.58. The van der Waals surface area contributed by atoms with E-state index in [-0.39, 0.29) is 0 Å². The highest BCUT2D eigenvalue weighted by Gasteiger charge is 2.08. The number of rotatable bonds is 6. The first kappa shape index (κ1) is 17.9. The van der Waals surface area contributed by atoms with Gasteiger partial charge in [-0.3, -0.25) is 15.1 Å². The molecule has 28 heavy (non-hydrogen) atoms. The van der Waals surface area contributed by atoms with Gasteiger partial charge in [0.15, 0.2) is 11.6 Å². The second-order valence-corrected chi connectivity index (χ2v) is 6.51. The standard InChI is InChI=1S/C19H17ClN8/c1-12-6-17(28-27-12)25-18-15(20)11-24-19(26-18)23-9-13-7-14(10-21-8-13)16-4-2-3-5-22-16/h2-8,10-11H,9H2,1H3,(H3,23,24,25,26,27,28). The summed E-state index contributed by atoms with van der Waals surface area (Å²) < 4.78 is 0. The van der Waals surface area contributed by atoms with Crippen LogP contribution >= 0.6 is 11.6 Å². The number of nitrogens with zero attached hydrogens (tertiary/aromatic N) is 5. The first-order valence-corrected chi connectivity index (χ1v) is 8.96. The fraction of sp³-hybridized carbons (Fsp3) is 0.105. The molecule has 9 heteroatoms. The van der Waals surface area contributed by atoms with Crippen LogP contribution in [0.2, 0.25) is 5.02 Å². The molecule has 0 aromatic carbocycles. The van der Waals surface area contributed by atoms with Gasteiger partial charge in [0.1, 0.15) is 5.02 Å². The molecule has 0 radical (unpaired) electrons. The molecule has 0 atom stereocenters. The van der Waals surface area contributed by atoms with Gasteiger partial charge in [-0.25, -0.2) is 4.98 Å². The zero-order valence-electron chi connectivity index (χ0n) is 15.0. The van der Waals surface area contributed by atoms with E-state index in [1.165, 1.54) is 0 Å². The van der Waals surface area contributed by atoms with Crippen molar-refractivity contribution < 1.29 is 0 Å². The summed E-state index contributed by atoms with van der Waals surface area (Å²) in [4.78, 5) is 17.3. The van der Waals surface area contributed by atoms with E-state index >= 15 is 0 Å². The Hall–Kier alpha value is -3.52. The molecule has 0 saturated carbocycles. The average Bonchev–Trinajstić information content (AvgIpc) is 3.14. The zero-order valence-corrected chi connectivity index (χ0v) is 15.8. The summed E-state index contributed by atoms with van der Waals surface area (Å²) in [6.45, 7) is 2.43. The SMILES string of the molecule is Cc1cc(Nc2nc(NCc3cncc(-c4ccccn4)c3)ncc2Cl)n[nH]1. The van der Waals surface area contributed by atoms with Crippen LogP contribution in [0.15, 0.2) is 55.1 Å². The van der Waals surface area contributed by atoms with Gasteiger partial charge < -0.3 is 10.6 Å². The van der Waals surface area contributed by atoms with E-state index < -0.39 is 0 Å². The monoisotopic (exact) mass is 392 g/mol. The fourth-order valence-corrected chi connectivity index (χ4v) is 2.72. The third-order valence-corrected chi connectivity index (χ3v) is 4.18. The van der Waals surface area contributed by atoms with Crippen LogP contribution in [0.1, 0.15) is 11.3 Å². The first-order chi connectivity index (χ1) is 13.7. The van der Waals surface area contributed by atoms with E-state index in [0.29, 0.717) is 29.2 Å². The van der Waals surface area contributed by atoms with Gasteiger partial charge in [-0.1, -0.05) is 17.7 Å². The summed E-state index contributed by atoms with van der Waals surface area (Å²) in [6, 6.07) is 9.68. The molecule has 0 amide bonds. The van der Waals surface area contributed by atoms with Gasteiger partial charge in [-0.05, 0) is 30.7 Å². The number of pyridine rings is 2. The minimum Gasteiger partial charge on any atom is -0.350 e. The Morgan fingerprint density at radius 1 is 1.11 bits per heavy atom. The number of anilines is 3. The highest BCUT2D eigenvalue weighted by atomic mass is 35.5. The smallest absolute Gasteiger partial charge is 0.224 e. The second kappa shape index (κ2) is 8.01. The Bertz CT molecular complexity index is 1080. The van der Waals surface area contributed by atoms with E-state index in [4.69, 9.17) is 11.6 Å². The van der Waals surface area contributed by atoms with Gasteiger partial charge >= 0.3 is 0 Å². The maximum absolute atomic E-state index is 6.19. The summed E-state index contributed by atoms with van der Waals surface area (Å²) in [5, 5.41) is 13.7. The lowest BCUT2D eigenvalue weighted by atomic mass is 10.1. The van der Waals surface area contributed by atoms with Crippen molar-refractivity contribution in [1.82, 2.24) is 30.1 Å². The quantitative estimate of drug-likeness (QED) is 0.456. The molecule has 4 aromatic heterocycles. The van der Waals surface area contributed by atoms with Crippen molar-refractivity contribution >= 4 is 29.2 Å². The van der Waals surface area contributed by atoms with Gasteiger partial charge in [0.2, 0.25) is 5.95 Å². The number of H-pyrrole nitrogens is 1. The van der Waals surface area contributed by atoms with Crippen LogP contribution in [0.5, 0.6) is 0 Å². The van der Waals surface area contributed by atoms with Crippen LogP contribution in [-0.2, 0) is 6.54 Å². The van der Waals surface area contributed by atoms with E-state index in [1.54, 1.807) is 24.8 Å². The average molecular weight is 393 g/mol. The van der Waals surface area contributed by atoms with Crippen molar-refractivity contribution in [3.63, 3.8) is 0 Å².